The smallest absolute Gasteiger partial charge is 0.261 e. The summed E-state index contributed by atoms with van der Waals surface area (Å²) in [6, 6.07) is 12.1. The van der Waals surface area contributed by atoms with Crippen molar-refractivity contribution in [2.45, 2.75) is 19.8 Å². The molecule has 0 spiro atoms. The Balaban J connectivity index is 1.60. The van der Waals surface area contributed by atoms with Crippen molar-refractivity contribution in [1.29, 1.82) is 0 Å². The van der Waals surface area contributed by atoms with Gasteiger partial charge in [-0.1, -0.05) is 19.4 Å². The van der Waals surface area contributed by atoms with Crippen LogP contribution in [0.4, 0.5) is 5.69 Å². The van der Waals surface area contributed by atoms with Gasteiger partial charge in [-0.2, -0.15) is 0 Å². The molecule has 0 bridgehead atoms. The summed E-state index contributed by atoms with van der Waals surface area (Å²) >= 11 is 0. The number of hydrogen-bond donors (Lipinski definition) is 2. The van der Waals surface area contributed by atoms with Crippen molar-refractivity contribution in [3.63, 3.8) is 0 Å². The Morgan fingerprint density at radius 2 is 1.89 bits per heavy atom. The largest absolute Gasteiger partial charge is 0.361 e. The van der Waals surface area contributed by atoms with Crippen LogP contribution in [0.5, 0.6) is 0 Å². The highest BCUT2D eigenvalue weighted by atomic mass is 16.2. The number of hydrogen-bond acceptors (Lipinski definition) is 3. The predicted molar refractivity (Wildman–Crippen MR) is 103 cm³/mol. The summed E-state index contributed by atoms with van der Waals surface area (Å²) in [4.78, 5) is 42.0. The predicted octanol–water partition coefficient (Wildman–Crippen LogP) is 3.82. The van der Waals surface area contributed by atoms with Crippen LogP contribution >= 0.6 is 0 Å². The lowest BCUT2D eigenvalue weighted by molar-refractivity contribution is 0.0652. The maximum absolute atomic E-state index is 12.7. The van der Waals surface area contributed by atoms with E-state index in [4.69, 9.17) is 0 Å². The molecule has 0 fully saturated rings. The second kappa shape index (κ2) is 6.72. The number of rotatable bonds is 5. The molecule has 27 heavy (non-hydrogen) atoms. The zero-order valence-electron chi connectivity index (χ0n) is 14.9. The van der Waals surface area contributed by atoms with E-state index in [0.717, 1.165) is 23.7 Å². The Kier molecular flexibility index (Phi) is 4.24. The number of anilines is 1. The molecule has 3 amide bonds. The van der Waals surface area contributed by atoms with Crippen molar-refractivity contribution in [2.24, 2.45) is 0 Å². The molecule has 2 aromatic carbocycles. The first-order chi connectivity index (χ1) is 13.1. The van der Waals surface area contributed by atoms with E-state index in [-0.39, 0.29) is 17.7 Å². The van der Waals surface area contributed by atoms with Gasteiger partial charge in [0.25, 0.3) is 17.7 Å². The molecule has 6 heteroatoms. The SMILES string of the molecule is CCCCN1C(=O)c2ccc(C(=O)Nc3cccc4[nH]ccc34)cc2C1=O. The molecule has 1 aliphatic heterocycles. The lowest BCUT2D eigenvalue weighted by Gasteiger charge is -2.12. The third-order valence-electron chi connectivity index (χ3n) is 4.81. The topological polar surface area (TPSA) is 82.3 Å². The molecular formula is C21H19N3O3. The van der Waals surface area contributed by atoms with Gasteiger partial charge >= 0.3 is 0 Å². The monoisotopic (exact) mass is 361 g/mol. The molecule has 0 unspecified atom stereocenters. The minimum atomic E-state index is -0.328. The minimum Gasteiger partial charge on any atom is -0.361 e. The van der Waals surface area contributed by atoms with Crippen LogP contribution in [0.2, 0.25) is 0 Å². The summed E-state index contributed by atoms with van der Waals surface area (Å²) < 4.78 is 0. The van der Waals surface area contributed by atoms with Gasteiger partial charge in [0.2, 0.25) is 0 Å². The first-order valence-corrected chi connectivity index (χ1v) is 8.98. The van der Waals surface area contributed by atoms with Gasteiger partial charge in [0.1, 0.15) is 0 Å². The van der Waals surface area contributed by atoms with Crippen molar-refractivity contribution in [3.8, 4) is 0 Å². The number of aromatic nitrogens is 1. The van der Waals surface area contributed by atoms with E-state index in [1.54, 1.807) is 12.1 Å². The van der Waals surface area contributed by atoms with Crippen molar-refractivity contribution in [1.82, 2.24) is 9.88 Å². The summed E-state index contributed by atoms with van der Waals surface area (Å²) in [6.07, 6.45) is 3.47. The maximum atomic E-state index is 12.7. The third kappa shape index (κ3) is 2.89. The highest BCUT2D eigenvalue weighted by molar-refractivity contribution is 6.22. The van der Waals surface area contributed by atoms with Gasteiger partial charge < -0.3 is 10.3 Å². The Hall–Kier alpha value is -3.41. The normalized spacial score (nSPS) is 13.3. The van der Waals surface area contributed by atoms with Crippen molar-refractivity contribution < 1.29 is 14.4 Å². The zero-order chi connectivity index (χ0) is 19.0. The van der Waals surface area contributed by atoms with Gasteiger partial charge in [0, 0.05) is 29.2 Å². The molecule has 4 rings (SSSR count). The van der Waals surface area contributed by atoms with Crippen LogP contribution in [0.15, 0.2) is 48.7 Å². The summed E-state index contributed by atoms with van der Waals surface area (Å²) in [5, 5.41) is 3.79. The average molecular weight is 361 g/mol. The van der Waals surface area contributed by atoms with Crippen molar-refractivity contribution in [3.05, 3.63) is 65.4 Å². The van der Waals surface area contributed by atoms with E-state index in [9.17, 15) is 14.4 Å². The van der Waals surface area contributed by atoms with Gasteiger partial charge in [0.15, 0.2) is 0 Å². The van der Waals surface area contributed by atoms with Gasteiger partial charge in [-0.25, -0.2) is 0 Å². The number of benzene rings is 2. The number of carbonyl (C=O) groups excluding carboxylic acids is 3. The molecule has 2 N–H and O–H groups in total. The third-order valence-corrected chi connectivity index (χ3v) is 4.81. The fourth-order valence-corrected chi connectivity index (χ4v) is 3.34. The Bertz CT molecular complexity index is 1070. The van der Waals surface area contributed by atoms with E-state index >= 15 is 0 Å². The second-order valence-electron chi connectivity index (χ2n) is 6.57. The lowest BCUT2D eigenvalue weighted by Crippen LogP contribution is -2.30. The number of nitrogens with zero attached hydrogens (tertiary/aromatic N) is 1. The quantitative estimate of drug-likeness (QED) is 0.678. The highest BCUT2D eigenvalue weighted by Crippen LogP contribution is 2.26. The first-order valence-electron chi connectivity index (χ1n) is 8.98. The number of aromatic amines is 1. The molecule has 0 saturated heterocycles. The molecule has 0 aliphatic carbocycles. The van der Waals surface area contributed by atoms with Crippen LogP contribution < -0.4 is 5.32 Å². The number of carbonyl (C=O) groups is 3. The van der Waals surface area contributed by atoms with Gasteiger partial charge in [-0.05, 0) is 42.8 Å². The molecule has 0 radical (unpaired) electrons. The van der Waals surface area contributed by atoms with Crippen LogP contribution in [0, 0.1) is 0 Å². The van der Waals surface area contributed by atoms with Gasteiger partial charge in [-0.15, -0.1) is 0 Å². The summed E-state index contributed by atoms with van der Waals surface area (Å²) in [5.41, 5.74) is 2.61. The standard InChI is InChI=1S/C21H19N3O3/c1-2-3-11-24-20(26)14-8-7-13(12-16(14)21(24)27)19(25)23-18-6-4-5-17-15(18)9-10-22-17/h4-10,12,22H,2-3,11H2,1H3,(H,23,25). The Morgan fingerprint density at radius 1 is 1.07 bits per heavy atom. The molecule has 1 aromatic heterocycles. The summed E-state index contributed by atoms with van der Waals surface area (Å²) in [6.45, 7) is 2.41. The fraction of sp³-hybridized carbons (Fsp3) is 0.190. The fourth-order valence-electron chi connectivity index (χ4n) is 3.34. The summed E-state index contributed by atoms with van der Waals surface area (Å²) in [5.74, 6) is -0.933. The molecule has 3 aromatic rings. The van der Waals surface area contributed by atoms with E-state index in [0.29, 0.717) is 28.9 Å². The molecule has 0 atom stereocenters. The van der Waals surface area contributed by atoms with Crippen molar-refractivity contribution in [2.75, 3.05) is 11.9 Å². The Labute approximate surface area is 156 Å². The van der Waals surface area contributed by atoms with E-state index in [1.807, 2.05) is 37.4 Å². The number of imide groups is 1. The van der Waals surface area contributed by atoms with Crippen LogP contribution in [0.25, 0.3) is 10.9 Å². The minimum absolute atomic E-state index is 0.285. The molecule has 0 saturated carbocycles. The zero-order valence-corrected chi connectivity index (χ0v) is 14.9. The van der Waals surface area contributed by atoms with Crippen LogP contribution in [0.3, 0.4) is 0 Å². The molecule has 136 valence electrons. The summed E-state index contributed by atoms with van der Waals surface area (Å²) in [7, 11) is 0. The van der Waals surface area contributed by atoms with Crippen LogP contribution in [0.1, 0.15) is 50.8 Å². The van der Waals surface area contributed by atoms with Crippen LogP contribution in [-0.2, 0) is 0 Å². The van der Waals surface area contributed by atoms with E-state index in [2.05, 4.69) is 10.3 Å². The lowest BCUT2D eigenvalue weighted by atomic mass is 10.1. The molecule has 6 nitrogen and oxygen atoms in total. The molecule has 1 aliphatic rings. The van der Waals surface area contributed by atoms with Gasteiger partial charge in [0.05, 0.1) is 16.8 Å². The number of fused-ring (bicyclic) bond motifs is 2. The number of amides is 3. The number of H-pyrrole nitrogens is 1. The van der Waals surface area contributed by atoms with E-state index in [1.165, 1.54) is 11.0 Å². The first kappa shape index (κ1) is 17.0. The maximum Gasteiger partial charge on any atom is 0.261 e. The average Bonchev–Trinajstić information content (AvgIpc) is 3.25. The van der Waals surface area contributed by atoms with Gasteiger partial charge in [-0.3, -0.25) is 19.3 Å². The Morgan fingerprint density at radius 3 is 2.70 bits per heavy atom. The molecule has 2 heterocycles. The second-order valence-corrected chi connectivity index (χ2v) is 6.57. The van der Waals surface area contributed by atoms with Crippen molar-refractivity contribution >= 4 is 34.3 Å². The molecular weight excluding hydrogens is 342 g/mol. The number of nitrogens with one attached hydrogen (secondary N) is 2. The van der Waals surface area contributed by atoms with Crippen LogP contribution in [-0.4, -0.2) is 34.2 Å². The number of unbranched alkanes of at least 4 members (excludes halogenated alkanes) is 1. The van der Waals surface area contributed by atoms with E-state index < -0.39 is 0 Å². The highest BCUT2D eigenvalue weighted by Gasteiger charge is 2.35.